The number of para-hydroxylation sites is 1. The SMILES string of the molecule is CCc1nc2c([C@@H](O)COC(C)=O)cccc2cc1C. The Kier molecular flexibility index (Phi) is 4.35. The Morgan fingerprint density at radius 3 is 2.85 bits per heavy atom. The summed E-state index contributed by atoms with van der Waals surface area (Å²) < 4.78 is 4.87. The summed E-state index contributed by atoms with van der Waals surface area (Å²) in [7, 11) is 0. The minimum Gasteiger partial charge on any atom is -0.463 e. The van der Waals surface area contributed by atoms with Gasteiger partial charge in [-0.2, -0.15) is 0 Å². The molecule has 0 fully saturated rings. The van der Waals surface area contributed by atoms with Crippen LogP contribution >= 0.6 is 0 Å². The number of aliphatic hydroxyl groups excluding tert-OH is 1. The standard InChI is InChI=1S/C16H19NO3/c1-4-14-10(2)8-12-6-5-7-13(16(12)17-14)15(19)9-20-11(3)18/h5-8,15,19H,4,9H2,1-3H3/t15-/m0/s1. The number of aryl methyl sites for hydroxylation is 2. The Balaban J connectivity index is 2.44. The number of aromatic nitrogens is 1. The Bertz CT molecular complexity index is 637. The molecule has 1 atom stereocenters. The number of ether oxygens (including phenoxy) is 1. The molecule has 1 heterocycles. The van der Waals surface area contributed by atoms with Gasteiger partial charge >= 0.3 is 5.97 Å². The van der Waals surface area contributed by atoms with E-state index in [-0.39, 0.29) is 6.61 Å². The zero-order valence-corrected chi connectivity index (χ0v) is 12.0. The van der Waals surface area contributed by atoms with Crippen LogP contribution in [0.4, 0.5) is 0 Å². The van der Waals surface area contributed by atoms with Gasteiger partial charge in [0.05, 0.1) is 5.52 Å². The van der Waals surface area contributed by atoms with Crippen LogP contribution in [0.5, 0.6) is 0 Å². The summed E-state index contributed by atoms with van der Waals surface area (Å²) in [5.41, 5.74) is 3.63. The van der Waals surface area contributed by atoms with E-state index < -0.39 is 12.1 Å². The molecule has 0 aliphatic heterocycles. The topological polar surface area (TPSA) is 59.4 Å². The molecule has 2 aromatic rings. The molecule has 20 heavy (non-hydrogen) atoms. The molecule has 0 saturated carbocycles. The Labute approximate surface area is 118 Å². The van der Waals surface area contributed by atoms with Crippen LogP contribution in [0.15, 0.2) is 24.3 Å². The fourth-order valence-electron chi connectivity index (χ4n) is 2.28. The molecule has 0 radical (unpaired) electrons. The average Bonchev–Trinajstić information content (AvgIpc) is 2.43. The van der Waals surface area contributed by atoms with Crippen LogP contribution in [0.25, 0.3) is 10.9 Å². The third-order valence-electron chi connectivity index (χ3n) is 3.31. The van der Waals surface area contributed by atoms with Crippen LogP contribution in [0.3, 0.4) is 0 Å². The maximum absolute atomic E-state index is 10.8. The Morgan fingerprint density at radius 1 is 1.45 bits per heavy atom. The summed E-state index contributed by atoms with van der Waals surface area (Å²) in [5.74, 6) is -0.401. The van der Waals surface area contributed by atoms with E-state index in [1.54, 1.807) is 0 Å². The lowest BCUT2D eigenvalue weighted by atomic mass is 10.0. The second kappa shape index (κ2) is 6.01. The molecular weight excluding hydrogens is 254 g/mol. The van der Waals surface area contributed by atoms with Gasteiger partial charge in [-0.05, 0) is 25.0 Å². The van der Waals surface area contributed by atoms with Crippen molar-refractivity contribution in [3.63, 3.8) is 0 Å². The third-order valence-corrected chi connectivity index (χ3v) is 3.31. The summed E-state index contributed by atoms with van der Waals surface area (Å²) in [5, 5.41) is 11.2. The predicted octanol–water partition coefficient (Wildman–Crippen LogP) is 2.70. The molecule has 1 N–H and O–H groups in total. The minimum atomic E-state index is -0.859. The lowest BCUT2D eigenvalue weighted by molar-refractivity contribution is -0.144. The first-order valence-corrected chi connectivity index (χ1v) is 6.73. The molecule has 2 rings (SSSR count). The van der Waals surface area contributed by atoms with Gasteiger partial charge in [-0.3, -0.25) is 9.78 Å². The van der Waals surface area contributed by atoms with Crippen molar-refractivity contribution in [1.82, 2.24) is 4.98 Å². The second-order valence-corrected chi connectivity index (χ2v) is 4.84. The molecule has 0 unspecified atom stereocenters. The summed E-state index contributed by atoms with van der Waals surface area (Å²) >= 11 is 0. The Morgan fingerprint density at radius 2 is 2.20 bits per heavy atom. The van der Waals surface area contributed by atoms with Crippen LogP contribution in [0.1, 0.15) is 36.8 Å². The molecule has 4 heteroatoms. The molecule has 0 amide bonds. The van der Waals surface area contributed by atoms with E-state index in [0.717, 1.165) is 28.6 Å². The van der Waals surface area contributed by atoms with Crippen LogP contribution in [0, 0.1) is 6.92 Å². The lowest BCUT2D eigenvalue weighted by Crippen LogP contribution is -2.11. The van der Waals surface area contributed by atoms with Crippen molar-refractivity contribution in [2.45, 2.75) is 33.3 Å². The van der Waals surface area contributed by atoms with Crippen LogP contribution < -0.4 is 0 Å². The van der Waals surface area contributed by atoms with Gasteiger partial charge in [0.1, 0.15) is 12.7 Å². The number of carbonyl (C=O) groups is 1. The van der Waals surface area contributed by atoms with E-state index in [2.05, 4.69) is 18.0 Å². The fraction of sp³-hybridized carbons (Fsp3) is 0.375. The van der Waals surface area contributed by atoms with Crippen molar-refractivity contribution >= 4 is 16.9 Å². The van der Waals surface area contributed by atoms with E-state index in [1.165, 1.54) is 6.92 Å². The van der Waals surface area contributed by atoms with Gasteiger partial charge in [-0.25, -0.2) is 0 Å². The maximum atomic E-state index is 10.8. The first-order chi connectivity index (χ1) is 9.52. The quantitative estimate of drug-likeness (QED) is 0.870. The predicted molar refractivity (Wildman–Crippen MR) is 77.5 cm³/mol. The van der Waals surface area contributed by atoms with E-state index in [1.807, 2.05) is 25.1 Å². The number of benzene rings is 1. The molecular formula is C16H19NO3. The van der Waals surface area contributed by atoms with Gasteiger partial charge in [-0.1, -0.05) is 25.1 Å². The van der Waals surface area contributed by atoms with Gasteiger partial charge in [0.25, 0.3) is 0 Å². The number of carbonyl (C=O) groups excluding carboxylic acids is 1. The molecule has 4 nitrogen and oxygen atoms in total. The van der Waals surface area contributed by atoms with Crippen molar-refractivity contribution < 1.29 is 14.6 Å². The maximum Gasteiger partial charge on any atom is 0.302 e. The first-order valence-electron chi connectivity index (χ1n) is 6.73. The van der Waals surface area contributed by atoms with E-state index >= 15 is 0 Å². The van der Waals surface area contributed by atoms with Crippen LogP contribution in [-0.2, 0) is 16.0 Å². The summed E-state index contributed by atoms with van der Waals surface area (Å²) in [6, 6.07) is 7.74. The number of esters is 1. The molecule has 0 aliphatic carbocycles. The highest BCUT2D eigenvalue weighted by Gasteiger charge is 2.14. The van der Waals surface area contributed by atoms with Crippen LogP contribution in [-0.4, -0.2) is 22.7 Å². The normalized spacial score (nSPS) is 12.4. The van der Waals surface area contributed by atoms with Crippen molar-refractivity contribution in [3.05, 3.63) is 41.1 Å². The number of pyridine rings is 1. The van der Waals surface area contributed by atoms with Gasteiger partial charge in [0, 0.05) is 23.6 Å². The molecule has 0 bridgehead atoms. The number of hydrogen-bond donors (Lipinski definition) is 1. The average molecular weight is 273 g/mol. The van der Waals surface area contributed by atoms with Gasteiger partial charge in [0.2, 0.25) is 0 Å². The lowest BCUT2D eigenvalue weighted by Gasteiger charge is -2.14. The zero-order valence-electron chi connectivity index (χ0n) is 12.0. The molecule has 0 aliphatic rings. The number of nitrogens with zero attached hydrogens (tertiary/aromatic N) is 1. The van der Waals surface area contributed by atoms with Gasteiger partial charge in [-0.15, -0.1) is 0 Å². The molecule has 1 aromatic carbocycles. The second-order valence-electron chi connectivity index (χ2n) is 4.84. The van der Waals surface area contributed by atoms with Crippen molar-refractivity contribution in [3.8, 4) is 0 Å². The molecule has 106 valence electrons. The highest BCUT2D eigenvalue weighted by Crippen LogP contribution is 2.25. The molecule has 0 saturated heterocycles. The van der Waals surface area contributed by atoms with Crippen molar-refractivity contribution in [1.29, 1.82) is 0 Å². The first kappa shape index (κ1) is 14.5. The highest BCUT2D eigenvalue weighted by molar-refractivity contribution is 5.83. The van der Waals surface area contributed by atoms with E-state index in [4.69, 9.17) is 4.74 Å². The fourth-order valence-corrected chi connectivity index (χ4v) is 2.28. The molecule has 0 spiro atoms. The summed E-state index contributed by atoms with van der Waals surface area (Å²) in [6.45, 7) is 5.37. The number of fused-ring (bicyclic) bond motifs is 1. The van der Waals surface area contributed by atoms with E-state index in [0.29, 0.717) is 5.56 Å². The molecule has 1 aromatic heterocycles. The third kappa shape index (κ3) is 2.96. The summed E-state index contributed by atoms with van der Waals surface area (Å²) in [4.78, 5) is 15.5. The van der Waals surface area contributed by atoms with E-state index in [9.17, 15) is 9.90 Å². The van der Waals surface area contributed by atoms with Crippen molar-refractivity contribution in [2.75, 3.05) is 6.61 Å². The highest BCUT2D eigenvalue weighted by atomic mass is 16.5. The number of aliphatic hydroxyl groups is 1. The smallest absolute Gasteiger partial charge is 0.302 e. The minimum absolute atomic E-state index is 0.0501. The zero-order chi connectivity index (χ0) is 14.7. The number of hydrogen-bond acceptors (Lipinski definition) is 4. The van der Waals surface area contributed by atoms with Gasteiger partial charge in [0.15, 0.2) is 0 Å². The van der Waals surface area contributed by atoms with Gasteiger partial charge < -0.3 is 9.84 Å². The Hall–Kier alpha value is -1.94. The van der Waals surface area contributed by atoms with Crippen LogP contribution in [0.2, 0.25) is 0 Å². The largest absolute Gasteiger partial charge is 0.463 e. The summed E-state index contributed by atoms with van der Waals surface area (Å²) in [6.07, 6.45) is -0.0154. The number of rotatable bonds is 4. The monoisotopic (exact) mass is 273 g/mol. The van der Waals surface area contributed by atoms with Crippen molar-refractivity contribution in [2.24, 2.45) is 0 Å².